The van der Waals surface area contributed by atoms with E-state index in [4.69, 9.17) is 14.2 Å². The summed E-state index contributed by atoms with van der Waals surface area (Å²) < 4.78 is 57.8. The van der Waals surface area contributed by atoms with Gasteiger partial charge in [-0.25, -0.2) is 4.79 Å². The lowest BCUT2D eigenvalue weighted by Crippen LogP contribution is -2.16. The highest BCUT2D eigenvalue weighted by Crippen LogP contribution is 2.37. The highest BCUT2D eigenvalue weighted by Gasteiger charge is 2.31. The fourth-order valence-corrected chi connectivity index (χ4v) is 3.71. The second-order valence-electron chi connectivity index (χ2n) is 8.12. The summed E-state index contributed by atoms with van der Waals surface area (Å²) in [6, 6.07) is 17.7. The van der Waals surface area contributed by atoms with E-state index in [1.807, 2.05) is 38.1 Å². The van der Waals surface area contributed by atoms with Gasteiger partial charge in [-0.05, 0) is 74.9 Å². The van der Waals surface area contributed by atoms with Crippen molar-refractivity contribution in [2.24, 2.45) is 0 Å². The molecule has 0 atom stereocenters. The van der Waals surface area contributed by atoms with Gasteiger partial charge in [0, 0.05) is 17.0 Å². The number of carbonyl (C=O) groups is 1. The van der Waals surface area contributed by atoms with Gasteiger partial charge >= 0.3 is 12.3 Å². The van der Waals surface area contributed by atoms with Crippen molar-refractivity contribution < 1.29 is 36.9 Å². The van der Waals surface area contributed by atoms with E-state index in [0.29, 0.717) is 34.0 Å². The minimum absolute atomic E-state index is 0.0332. The molecule has 9 heteroatoms. The zero-order chi connectivity index (χ0) is 25.9. The zero-order valence-electron chi connectivity index (χ0n) is 19.8. The van der Waals surface area contributed by atoms with Gasteiger partial charge in [0.15, 0.2) is 0 Å². The quantitative estimate of drug-likeness (QED) is 0.254. The third-order valence-electron chi connectivity index (χ3n) is 5.06. The van der Waals surface area contributed by atoms with Gasteiger partial charge in [0.25, 0.3) is 0 Å². The Hall–Kier alpha value is -4.14. The van der Waals surface area contributed by atoms with Crippen LogP contribution in [0.5, 0.6) is 23.0 Å². The molecule has 0 aliphatic rings. The maximum Gasteiger partial charge on any atom is 0.573 e. The molecule has 1 aromatic heterocycles. The Morgan fingerprint density at radius 3 is 2.11 bits per heavy atom. The number of halogens is 3. The number of nitrogens with one attached hydrogen (secondary N) is 1. The van der Waals surface area contributed by atoms with Gasteiger partial charge in [-0.15, -0.1) is 13.2 Å². The fraction of sp³-hybridized carbons (Fsp3) is 0.222. The van der Waals surface area contributed by atoms with Crippen molar-refractivity contribution in [1.29, 1.82) is 0 Å². The number of rotatable bonds is 8. The van der Waals surface area contributed by atoms with Gasteiger partial charge in [-0.1, -0.05) is 12.1 Å². The van der Waals surface area contributed by atoms with E-state index in [2.05, 4.69) is 9.72 Å². The number of benzene rings is 3. The van der Waals surface area contributed by atoms with Crippen LogP contribution in [0.2, 0.25) is 0 Å². The molecule has 0 saturated carbocycles. The molecule has 0 aliphatic carbocycles. The molecule has 0 spiro atoms. The molecule has 36 heavy (non-hydrogen) atoms. The van der Waals surface area contributed by atoms with Gasteiger partial charge in [0.2, 0.25) is 0 Å². The number of hydrogen-bond acceptors (Lipinski definition) is 5. The van der Waals surface area contributed by atoms with E-state index < -0.39 is 12.3 Å². The van der Waals surface area contributed by atoms with Crippen molar-refractivity contribution >= 4 is 16.9 Å². The molecule has 0 amide bonds. The minimum atomic E-state index is -4.77. The third-order valence-corrected chi connectivity index (χ3v) is 5.06. The van der Waals surface area contributed by atoms with Crippen molar-refractivity contribution in [1.82, 2.24) is 4.98 Å². The SMILES string of the molecule is CCOC(=O)c1[nH]c2cc(Oc3ccc(OC(F)(F)F)cc3)ccc2c1-c1ccc(OC(C)C)cc1. The lowest BCUT2D eigenvalue weighted by molar-refractivity contribution is -0.274. The lowest BCUT2D eigenvalue weighted by Gasteiger charge is -2.11. The summed E-state index contributed by atoms with van der Waals surface area (Å²) in [6.45, 7) is 5.83. The molecular formula is C27H24F3NO5. The number of carbonyl (C=O) groups excluding carboxylic acids is 1. The Kier molecular flexibility index (Phi) is 7.10. The monoisotopic (exact) mass is 499 g/mol. The second-order valence-corrected chi connectivity index (χ2v) is 8.12. The fourth-order valence-electron chi connectivity index (χ4n) is 3.71. The molecule has 188 valence electrons. The van der Waals surface area contributed by atoms with Crippen LogP contribution in [0.1, 0.15) is 31.3 Å². The first kappa shape index (κ1) is 25.0. The summed E-state index contributed by atoms with van der Waals surface area (Å²) >= 11 is 0. The number of fused-ring (bicyclic) bond motifs is 1. The molecule has 3 aromatic carbocycles. The highest BCUT2D eigenvalue weighted by molar-refractivity contribution is 6.08. The summed E-state index contributed by atoms with van der Waals surface area (Å²) in [5.41, 5.74) is 2.41. The summed E-state index contributed by atoms with van der Waals surface area (Å²) in [7, 11) is 0. The summed E-state index contributed by atoms with van der Waals surface area (Å²) in [6.07, 6.45) is -4.73. The molecule has 0 radical (unpaired) electrons. The van der Waals surface area contributed by atoms with E-state index in [1.54, 1.807) is 25.1 Å². The van der Waals surface area contributed by atoms with Crippen LogP contribution in [0.25, 0.3) is 22.0 Å². The number of ether oxygens (including phenoxy) is 4. The molecule has 1 N–H and O–H groups in total. The Balaban J connectivity index is 1.66. The van der Waals surface area contributed by atoms with Gasteiger partial charge in [-0.2, -0.15) is 0 Å². The van der Waals surface area contributed by atoms with Crippen LogP contribution in [0, 0.1) is 0 Å². The molecular weight excluding hydrogens is 475 g/mol. The van der Waals surface area contributed by atoms with Crippen molar-refractivity contribution in [2.75, 3.05) is 6.61 Å². The summed E-state index contributed by atoms with van der Waals surface area (Å²) in [5.74, 6) is 0.628. The van der Waals surface area contributed by atoms with Crippen molar-refractivity contribution in [3.63, 3.8) is 0 Å². The van der Waals surface area contributed by atoms with Crippen LogP contribution in [-0.2, 0) is 4.74 Å². The second kappa shape index (κ2) is 10.2. The van der Waals surface area contributed by atoms with E-state index in [9.17, 15) is 18.0 Å². The van der Waals surface area contributed by atoms with Crippen molar-refractivity contribution in [3.8, 4) is 34.1 Å². The van der Waals surface area contributed by atoms with Crippen LogP contribution < -0.4 is 14.2 Å². The number of aromatic amines is 1. The molecule has 0 saturated heterocycles. The molecule has 4 rings (SSSR count). The van der Waals surface area contributed by atoms with Crippen LogP contribution >= 0.6 is 0 Å². The van der Waals surface area contributed by atoms with Gasteiger partial charge < -0.3 is 23.9 Å². The highest BCUT2D eigenvalue weighted by atomic mass is 19.4. The molecule has 0 aliphatic heterocycles. The van der Waals surface area contributed by atoms with Gasteiger partial charge in [0.05, 0.1) is 18.2 Å². The molecule has 6 nitrogen and oxygen atoms in total. The number of hydrogen-bond donors (Lipinski definition) is 1. The standard InChI is InChI=1S/C27H24F3NO5/c1-4-33-26(32)25-24(17-5-7-18(8-6-17)34-16(2)3)22-14-13-21(15-23(22)31-25)35-19-9-11-20(12-10-19)36-27(28,29)30/h5-16,31H,4H2,1-3H3. The normalized spacial score (nSPS) is 11.5. The molecule has 1 heterocycles. The lowest BCUT2D eigenvalue weighted by atomic mass is 10.0. The molecule has 0 fully saturated rings. The van der Waals surface area contributed by atoms with E-state index in [0.717, 1.165) is 10.9 Å². The average Bonchev–Trinajstić information content (AvgIpc) is 3.19. The molecule has 0 unspecified atom stereocenters. The maximum absolute atomic E-state index is 12.7. The van der Waals surface area contributed by atoms with Crippen LogP contribution in [0.4, 0.5) is 13.2 Å². The summed E-state index contributed by atoms with van der Waals surface area (Å²) in [5, 5.41) is 0.775. The van der Waals surface area contributed by atoms with Crippen molar-refractivity contribution in [2.45, 2.75) is 33.2 Å². The maximum atomic E-state index is 12.7. The smallest absolute Gasteiger partial charge is 0.491 e. The number of esters is 1. The van der Waals surface area contributed by atoms with Crippen LogP contribution in [0.15, 0.2) is 66.7 Å². The van der Waals surface area contributed by atoms with Crippen LogP contribution in [-0.4, -0.2) is 30.0 Å². The van der Waals surface area contributed by atoms with E-state index in [1.165, 1.54) is 24.3 Å². The van der Waals surface area contributed by atoms with Crippen molar-refractivity contribution in [3.05, 3.63) is 72.4 Å². The van der Waals surface area contributed by atoms with Gasteiger partial charge in [0.1, 0.15) is 28.7 Å². The number of aromatic nitrogens is 1. The minimum Gasteiger partial charge on any atom is -0.491 e. The summed E-state index contributed by atoms with van der Waals surface area (Å²) in [4.78, 5) is 15.9. The van der Waals surface area contributed by atoms with Crippen LogP contribution in [0.3, 0.4) is 0 Å². The zero-order valence-corrected chi connectivity index (χ0v) is 19.8. The predicted octanol–water partition coefficient (Wildman–Crippen LogP) is 7.49. The van der Waals surface area contributed by atoms with E-state index in [-0.39, 0.29) is 18.5 Å². The first-order chi connectivity index (χ1) is 17.1. The third kappa shape index (κ3) is 5.91. The van der Waals surface area contributed by atoms with Gasteiger partial charge in [-0.3, -0.25) is 0 Å². The van der Waals surface area contributed by atoms with E-state index >= 15 is 0 Å². The first-order valence-electron chi connectivity index (χ1n) is 11.3. The Morgan fingerprint density at radius 2 is 1.50 bits per heavy atom. The number of alkyl halides is 3. The predicted molar refractivity (Wildman–Crippen MR) is 129 cm³/mol. The first-order valence-corrected chi connectivity index (χ1v) is 11.3. The Labute approximate surface area is 205 Å². The number of H-pyrrole nitrogens is 1. The Morgan fingerprint density at radius 1 is 0.889 bits per heavy atom. The molecule has 0 bridgehead atoms. The molecule has 4 aromatic rings. The average molecular weight is 499 g/mol. The topological polar surface area (TPSA) is 69.8 Å². The largest absolute Gasteiger partial charge is 0.573 e. The Bertz CT molecular complexity index is 1340.